The maximum absolute atomic E-state index is 12.0. The summed E-state index contributed by atoms with van der Waals surface area (Å²) in [5, 5.41) is 3.57. The zero-order chi connectivity index (χ0) is 21.5. The highest BCUT2D eigenvalue weighted by Gasteiger charge is 2.32. The van der Waals surface area contributed by atoms with E-state index in [0.717, 1.165) is 69.5 Å². The Morgan fingerprint density at radius 1 is 1.28 bits per heavy atom. The number of aliphatic imine (C=N–C) groups is 1. The van der Waals surface area contributed by atoms with Gasteiger partial charge in [-0.15, -0.1) is 24.0 Å². The number of guanidine groups is 1. The van der Waals surface area contributed by atoms with Gasteiger partial charge in [0, 0.05) is 56.4 Å². The van der Waals surface area contributed by atoms with Gasteiger partial charge in [0.15, 0.2) is 5.96 Å². The van der Waals surface area contributed by atoms with E-state index in [1.807, 2.05) is 28.8 Å². The fourth-order valence-corrected chi connectivity index (χ4v) is 4.70. The predicted molar refractivity (Wildman–Crippen MR) is 143 cm³/mol. The number of fused-ring (bicyclic) bond motifs is 1. The van der Waals surface area contributed by atoms with Crippen LogP contribution in [0.2, 0.25) is 0 Å². The molecule has 0 bridgehead atoms. The Morgan fingerprint density at radius 2 is 2.16 bits per heavy atom. The lowest BCUT2D eigenvalue weighted by molar-refractivity contribution is -0.127. The van der Waals surface area contributed by atoms with Crippen LogP contribution in [0.5, 0.6) is 0 Å². The van der Waals surface area contributed by atoms with Gasteiger partial charge in [-0.2, -0.15) is 11.8 Å². The zero-order valence-corrected chi connectivity index (χ0v) is 21.8. The number of hydrogen-bond donors (Lipinski definition) is 1. The molecule has 2 aromatic rings. The second kappa shape index (κ2) is 12.5. The zero-order valence-electron chi connectivity index (χ0n) is 18.7. The quantitative estimate of drug-likeness (QED) is 0.211. The molecule has 0 saturated carbocycles. The molecule has 1 atom stereocenters. The first-order valence-electron chi connectivity index (χ1n) is 11.2. The van der Waals surface area contributed by atoms with Crippen molar-refractivity contribution in [2.45, 2.75) is 31.6 Å². The van der Waals surface area contributed by atoms with Crippen molar-refractivity contribution in [1.82, 2.24) is 10.2 Å². The number of amides is 1. The molecule has 1 N–H and O–H groups in total. The van der Waals surface area contributed by atoms with Crippen LogP contribution in [0.3, 0.4) is 0 Å². The van der Waals surface area contributed by atoms with Crippen molar-refractivity contribution in [2.24, 2.45) is 4.99 Å². The molecule has 1 amide bonds. The Labute approximate surface area is 212 Å². The number of nitrogens with zero attached hydrogens (tertiary/aromatic N) is 3. The molecule has 32 heavy (non-hydrogen) atoms. The summed E-state index contributed by atoms with van der Waals surface area (Å²) in [7, 11) is 0. The predicted octanol–water partition coefficient (Wildman–Crippen LogP) is 4.37. The number of carbonyl (C=O) groups excluding carboxylic acids is 1. The Kier molecular flexibility index (Phi) is 9.77. The van der Waals surface area contributed by atoms with E-state index >= 15 is 0 Å². The molecular weight excluding hydrogens is 535 g/mol. The normalized spacial score (nSPS) is 18.1. The highest BCUT2D eigenvalue weighted by Crippen LogP contribution is 2.38. The van der Waals surface area contributed by atoms with E-state index in [2.05, 4.69) is 40.7 Å². The molecule has 174 valence electrons. The fourth-order valence-electron chi connectivity index (χ4n) is 4.43. The summed E-state index contributed by atoms with van der Waals surface area (Å²) in [6, 6.07) is 12.6. The van der Waals surface area contributed by atoms with Crippen molar-refractivity contribution in [3.05, 3.63) is 54.0 Å². The topological polar surface area (TPSA) is 61.1 Å². The monoisotopic (exact) mass is 568 g/mol. The van der Waals surface area contributed by atoms with E-state index in [-0.39, 0.29) is 24.0 Å². The van der Waals surface area contributed by atoms with Crippen LogP contribution in [0.25, 0.3) is 0 Å². The van der Waals surface area contributed by atoms with Gasteiger partial charge in [-0.1, -0.05) is 18.2 Å². The van der Waals surface area contributed by atoms with Crippen molar-refractivity contribution in [1.29, 1.82) is 0 Å². The van der Waals surface area contributed by atoms with Crippen LogP contribution >= 0.6 is 35.7 Å². The summed E-state index contributed by atoms with van der Waals surface area (Å²) in [5.74, 6) is 3.63. The van der Waals surface area contributed by atoms with Gasteiger partial charge in [-0.25, -0.2) is 0 Å². The van der Waals surface area contributed by atoms with Crippen LogP contribution in [-0.4, -0.2) is 61.5 Å². The van der Waals surface area contributed by atoms with E-state index in [9.17, 15) is 4.79 Å². The number of anilines is 1. The molecule has 1 fully saturated rings. The second-order valence-electron chi connectivity index (χ2n) is 8.09. The molecule has 1 aromatic carbocycles. The molecule has 8 heteroatoms. The van der Waals surface area contributed by atoms with Crippen molar-refractivity contribution >= 4 is 53.3 Å². The smallest absolute Gasteiger partial charge is 0.222 e. The number of halogens is 1. The average Bonchev–Trinajstić information content (AvgIpc) is 3.52. The second-order valence-corrected chi connectivity index (χ2v) is 9.08. The third-order valence-corrected chi connectivity index (χ3v) is 6.63. The van der Waals surface area contributed by atoms with E-state index < -0.39 is 0 Å². The summed E-state index contributed by atoms with van der Waals surface area (Å²) < 4.78 is 5.47. The van der Waals surface area contributed by atoms with Crippen LogP contribution in [0.1, 0.15) is 36.5 Å². The van der Waals surface area contributed by atoms with Gasteiger partial charge in [0.25, 0.3) is 0 Å². The Bertz CT molecular complexity index is 890. The summed E-state index contributed by atoms with van der Waals surface area (Å²) in [6.07, 6.45) is 7.35. The number of carbonyl (C=O) groups is 1. The summed E-state index contributed by atoms with van der Waals surface area (Å²) in [6.45, 7) is 4.21. The lowest BCUT2D eigenvalue weighted by Crippen LogP contribution is -2.42. The number of furan rings is 1. The minimum atomic E-state index is 0. The van der Waals surface area contributed by atoms with Crippen LogP contribution in [0, 0.1) is 0 Å². The summed E-state index contributed by atoms with van der Waals surface area (Å²) >= 11 is 1.81. The molecule has 2 aliphatic heterocycles. The molecule has 6 nitrogen and oxygen atoms in total. The van der Waals surface area contributed by atoms with Gasteiger partial charge in [0.1, 0.15) is 5.76 Å². The Hall–Kier alpha value is -1.68. The number of benzene rings is 1. The first kappa shape index (κ1) is 25.0. The number of likely N-dealkylation sites (tertiary alicyclic amines) is 1. The van der Waals surface area contributed by atoms with Crippen LogP contribution in [0.4, 0.5) is 5.69 Å². The van der Waals surface area contributed by atoms with Gasteiger partial charge in [-0.3, -0.25) is 9.79 Å². The number of thioether (sulfide) groups is 1. The van der Waals surface area contributed by atoms with Gasteiger partial charge in [0.05, 0.1) is 12.8 Å². The maximum Gasteiger partial charge on any atom is 0.222 e. The van der Waals surface area contributed by atoms with E-state index in [1.54, 1.807) is 6.26 Å². The molecule has 3 heterocycles. The molecule has 1 aromatic heterocycles. The number of para-hydroxylation sites is 1. The third-order valence-electron chi connectivity index (χ3n) is 6.04. The Morgan fingerprint density at radius 3 is 2.91 bits per heavy atom. The van der Waals surface area contributed by atoms with Gasteiger partial charge < -0.3 is 19.5 Å². The van der Waals surface area contributed by atoms with Crippen LogP contribution < -0.4 is 10.2 Å². The highest BCUT2D eigenvalue weighted by molar-refractivity contribution is 14.0. The molecule has 2 aliphatic rings. The summed E-state index contributed by atoms with van der Waals surface area (Å²) in [5.41, 5.74) is 2.59. The van der Waals surface area contributed by atoms with Crippen LogP contribution in [0.15, 0.2) is 52.1 Å². The van der Waals surface area contributed by atoms with Crippen molar-refractivity contribution in [3.8, 4) is 0 Å². The first-order chi connectivity index (χ1) is 15.3. The van der Waals surface area contributed by atoms with Gasteiger partial charge in [-0.05, 0) is 42.9 Å². The van der Waals surface area contributed by atoms with Crippen molar-refractivity contribution in [2.75, 3.05) is 49.6 Å². The molecule has 4 rings (SSSR count). The standard InChI is InChI=1S/C24H32N4O2S.HI/c1-31-17-13-26-24(25-12-10-20-6-5-16-30-20)28-18-19(21-7-2-3-8-22(21)28)11-15-27-14-4-9-23(27)29;/h2-3,5-8,16,19H,4,9-15,17-18H2,1H3,(H,25,26);1H. The maximum atomic E-state index is 12.0. The van der Waals surface area contributed by atoms with E-state index in [1.165, 1.54) is 11.3 Å². The lowest BCUT2D eigenvalue weighted by Gasteiger charge is -2.24. The van der Waals surface area contributed by atoms with E-state index in [4.69, 9.17) is 9.41 Å². The lowest BCUT2D eigenvalue weighted by atomic mass is 9.98. The van der Waals surface area contributed by atoms with Crippen LogP contribution in [-0.2, 0) is 11.2 Å². The SMILES string of the molecule is CSCCN=C(NCCc1ccco1)N1CC(CCN2CCCC2=O)c2ccccc21.I. The van der Waals surface area contributed by atoms with Gasteiger partial charge >= 0.3 is 0 Å². The Balaban J connectivity index is 0.00000289. The van der Waals surface area contributed by atoms with Crippen molar-refractivity contribution in [3.63, 3.8) is 0 Å². The number of hydrogen-bond acceptors (Lipinski definition) is 4. The van der Waals surface area contributed by atoms with Gasteiger partial charge in [0.2, 0.25) is 5.91 Å². The largest absolute Gasteiger partial charge is 0.469 e. The number of nitrogens with one attached hydrogen (secondary N) is 1. The third kappa shape index (κ3) is 6.21. The molecule has 0 radical (unpaired) electrons. The average molecular weight is 569 g/mol. The molecule has 0 spiro atoms. The highest BCUT2D eigenvalue weighted by atomic mass is 127. The minimum Gasteiger partial charge on any atom is -0.469 e. The summed E-state index contributed by atoms with van der Waals surface area (Å²) in [4.78, 5) is 21.3. The fraction of sp³-hybridized carbons (Fsp3) is 0.500. The molecule has 0 aliphatic carbocycles. The molecular formula is C24H33IN4O2S. The number of rotatable bonds is 9. The molecule has 1 saturated heterocycles. The first-order valence-corrected chi connectivity index (χ1v) is 12.6. The minimum absolute atomic E-state index is 0. The van der Waals surface area contributed by atoms with E-state index in [0.29, 0.717) is 18.2 Å². The molecule has 1 unspecified atom stereocenters. The van der Waals surface area contributed by atoms with Crippen molar-refractivity contribution < 1.29 is 9.21 Å².